The molecule has 4 rings (SSSR count). The van der Waals surface area contributed by atoms with Crippen LogP contribution in [0.25, 0.3) is 0 Å². The van der Waals surface area contributed by atoms with Gasteiger partial charge in [0.25, 0.3) is 5.91 Å². The number of hydrogen-bond acceptors (Lipinski definition) is 4. The minimum atomic E-state index is -4.58. The highest BCUT2D eigenvalue weighted by Gasteiger charge is 2.35. The zero-order valence-corrected chi connectivity index (χ0v) is 20.7. The van der Waals surface area contributed by atoms with Crippen LogP contribution in [0.2, 0.25) is 5.02 Å². The number of carbonyl (C=O) groups is 3. The molecule has 0 aliphatic carbocycles. The second-order valence-electron chi connectivity index (χ2n) is 8.63. The van der Waals surface area contributed by atoms with Crippen molar-refractivity contribution < 1.29 is 32.3 Å². The van der Waals surface area contributed by atoms with Gasteiger partial charge in [0.15, 0.2) is 6.61 Å². The van der Waals surface area contributed by atoms with Gasteiger partial charge in [-0.3, -0.25) is 14.4 Å². The van der Waals surface area contributed by atoms with E-state index in [0.717, 1.165) is 23.8 Å². The van der Waals surface area contributed by atoms with Crippen molar-refractivity contribution in [2.24, 2.45) is 5.92 Å². The van der Waals surface area contributed by atoms with E-state index >= 15 is 0 Å². The summed E-state index contributed by atoms with van der Waals surface area (Å²) in [6, 6.07) is 18.4. The minimum absolute atomic E-state index is 0.0435. The number of nitrogens with one attached hydrogen (secondary N) is 2. The first kappa shape index (κ1) is 27.0. The quantitative estimate of drug-likeness (QED) is 0.415. The first-order valence-electron chi connectivity index (χ1n) is 11.6. The molecule has 1 atom stereocenters. The van der Waals surface area contributed by atoms with E-state index in [4.69, 9.17) is 16.3 Å². The molecule has 0 bridgehead atoms. The monoisotopic (exact) mass is 545 g/mol. The molecule has 38 heavy (non-hydrogen) atoms. The summed E-state index contributed by atoms with van der Waals surface area (Å²) in [5.74, 6) is -1.25. The highest BCUT2D eigenvalue weighted by atomic mass is 35.5. The van der Waals surface area contributed by atoms with Gasteiger partial charge in [0.1, 0.15) is 5.75 Å². The van der Waals surface area contributed by atoms with Crippen molar-refractivity contribution in [3.8, 4) is 5.75 Å². The van der Waals surface area contributed by atoms with Gasteiger partial charge >= 0.3 is 6.18 Å². The number of alkyl halides is 3. The Kier molecular flexibility index (Phi) is 8.21. The molecule has 3 amide bonds. The summed E-state index contributed by atoms with van der Waals surface area (Å²) in [4.78, 5) is 38.8. The SMILES string of the molecule is O=C(COc1ccc(N2C[C@H](C(=O)NCc3ccccc3)CC2=O)cc1)Nc1cc(C(F)(F)F)ccc1Cl. The van der Waals surface area contributed by atoms with Crippen molar-refractivity contribution >= 4 is 40.7 Å². The van der Waals surface area contributed by atoms with Crippen LogP contribution in [-0.2, 0) is 27.1 Å². The number of benzene rings is 3. The number of anilines is 2. The Morgan fingerprint density at radius 3 is 2.42 bits per heavy atom. The topological polar surface area (TPSA) is 87.7 Å². The van der Waals surface area contributed by atoms with Crippen LogP contribution in [0.15, 0.2) is 72.8 Å². The number of halogens is 4. The molecule has 0 saturated carbocycles. The summed E-state index contributed by atoms with van der Waals surface area (Å²) in [6.45, 7) is 0.141. The fraction of sp³-hybridized carbons (Fsp3) is 0.222. The molecular formula is C27H23ClF3N3O4. The molecule has 3 aromatic rings. The predicted molar refractivity (Wildman–Crippen MR) is 136 cm³/mol. The lowest BCUT2D eigenvalue weighted by Crippen LogP contribution is -2.32. The molecule has 0 spiro atoms. The van der Waals surface area contributed by atoms with Crippen LogP contribution >= 0.6 is 11.6 Å². The Hall–Kier alpha value is -4.05. The zero-order valence-electron chi connectivity index (χ0n) is 19.9. The molecule has 1 fully saturated rings. The summed E-state index contributed by atoms with van der Waals surface area (Å²) < 4.78 is 44.1. The van der Waals surface area contributed by atoms with Gasteiger partial charge in [-0.25, -0.2) is 0 Å². The summed E-state index contributed by atoms with van der Waals surface area (Å²) in [5.41, 5.74) is 0.409. The molecule has 0 aromatic heterocycles. The Morgan fingerprint density at radius 1 is 1.03 bits per heavy atom. The van der Waals surface area contributed by atoms with Gasteiger partial charge in [-0.05, 0) is 48.0 Å². The van der Waals surface area contributed by atoms with Crippen LogP contribution in [0.4, 0.5) is 24.5 Å². The van der Waals surface area contributed by atoms with E-state index in [1.807, 2.05) is 30.3 Å². The maximum atomic E-state index is 12.9. The standard InChI is InChI=1S/C27H23ClF3N3O4/c28-22-11-6-19(27(29,30)31)13-23(22)33-24(35)16-38-21-9-7-20(8-10-21)34-15-18(12-25(34)36)26(37)32-14-17-4-2-1-3-5-17/h1-11,13,18H,12,14-16H2,(H,32,37)(H,33,35)/t18-/m1/s1. The summed E-state index contributed by atoms with van der Waals surface area (Å²) >= 11 is 5.89. The van der Waals surface area contributed by atoms with Crippen LogP contribution in [0.1, 0.15) is 17.5 Å². The molecule has 2 N–H and O–H groups in total. The maximum absolute atomic E-state index is 12.9. The molecular weight excluding hydrogens is 523 g/mol. The number of nitrogens with zero attached hydrogens (tertiary/aromatic N) is 1. The van der Waals surface area contributed by atoms with E-state index < -0.39 is 30.2 Å². The normalized spacial score (nSPS) is 15.3. The maximum Gasteiger partial charge on any atom is 0.416 e. The third kappa shape index (κ3) is 6.83. The Balaban J connectivity index is 1.28. The van der Waals surface area contributed by atoms with Crippen molar-refractivity contribution in [2.75, 3.05) is 23.4 Å². The van der Waals surface area contributed by atoms with Crippen molar-refractivity contribution in [1.82, 2.24) is 5.32 Å². The lowest BCUT2D eigenvalue weighted by Gasteiger charge is -2.17. The van der Waals surface area contributed by atoms with Crippen LogP contribution in [0, 0.1) is 5.92 Å². The van der Waals surface area contributed by atoms with Crippen molar-refractivity contribution in [2.45, 2.75) is 19.1 Å². The fourth-order valence-corrected chi connectivity index (χ4v) is 4.08. The zero-order chi connectivity index (χ0) is 27.3. The van der Waals surface area contributed by atoms with Gasteiger partial charge in [0.2, 0.25) is 11.8 Å². The van der Waals surface area contributed by atoms with Gasteiger partial charge in [-0.2, -0.15) is 13.2 Å². The average Bonchev–Trinajstić information content (AvgIpc) is 3.29. The van der Waals surface area contributed by atoms with Gasteiger partial charge in [-0.15, -0.1) is 0 Å². The number of rotatable bonds is 8. The van der Waals surface area contributed by atoms with Gasteiger partial charge in [0.05, 0.1) is 22.2 Å². The lowest BCUT2D eigenvalue weighted by molar-refractivity contribution is -0.137. The van der Waals surface area contributed by atoms with Crippen LogP contribution < -0.4 is 20.3 Å². The average molecular weight is 546 g/mol. The summed E-state index contributed by atoms with van der Waals surface area (Å²) in [7, 11) is 0. The van der Waals surface area contributed by atoms with Crippen molar-refractivity contribution in [3.05, 3.63) is 88.9 Å². The molecule has 0 unspecified atom stereocenters. The Labute approximate surface area is 221 Å². The molecule has 11 heteroatoms. The Morgan fingerprint density at radius 2 is 1.74 bits per heavy atom. The van der Waals surface area contributed by atoms with Crippen molar-refractivity contribution in [3.63, 3.8) is 0 Å². The first-order chi connectivity index (χ1) is 18.1. The second-order valence-corrected chi connectivity index (χ2v) is 9.04. The Bertz CT molecular complexity index is 1320. The van der Waals surface area contributed by atoms with E-state index in [-0.39, 0.29) is 35.5 Å². The third-order valence-corrected chi connectivity index (χ3v) is 6.22. The van der Waals surface area contributed by atoms with Gasteiger partial charge in [-0.1, -0.05) is 41.9 Å². The van der Waals surface area contributed by atoms with Gasteiger partial charge in [0, 0.05) is 25.2 Å². The van der Waals surface area contributed by atoms with E-state index in [9.17, 15) is 27.6 Å². The smallest absolute Gasteiger partial charge is 0.416 e. The fourth-order valence-electron chi connectivity index (χ4n) is 3.92. The molecule has 1 saturated heterocycles. The van der Waals surface area contributed by atoms with E-state index in [1.165, 1.54) is 4.90 Å². The lowest BCUT2D eigenvalue weighted by atomic mass is 10.1. The van der Waals surface area contributed by atoms with Crippen LogP contribution in [0.3, 0.4) is 0 Å². The third-order valence-electron chi connectivity index (χ3n) is 5.89. The predicted octanol–water partition coefficient (Wildman–Crippen LogP) is 5.05. The molecule has 1 aliphatic heterocycles. The second kappa shape index (κ2) is 11.6. The van der Waals surface area contributed by atoms with Crippen LogP contribution in [-0.4, -0.2) is 30.9 Å². The summed E-state index contributed by atoms with van der Waals surface area (Å²) in [5, 5.41) is 5.12. The molecule has 3 aromatic carbocycles. The largest absolute Gasteiger partial charge is 0.484 e. The highest BCUT2D eigenvalue weighted by molar-refractivity contribution is 6.33. The minimum Gasteiger partial charge on any atom is -0.484 e. The number of carbonyl (C=O) groups excluding carboxylic acids is 3. The number of hydrogen-bond donors (Lipinski definition) is 2. The molecule has 1 heterocycles. The first-order valence-corrected chi connectivity index (χ1v) is 12.0. The van der Waals surface area contributed by atoms with Crippen molar-refractivity contribution in [1.29, 1.82) is 0 Å². The molecule has 1 aliphatic rings. The van der Waals surface area contributed by atoms with Crippen LogP contribution in [0.5, 0.6) is 5.75 Å². The highest BCUT2D eigenvalue weighted by Crippen LogP contribution is 2.34. The van der Waals surface area contributed by atoms with Gasteiger partial charge < -0.3 is 20.3 Å². The van der Waals surface area contributed by atoms with E-state index in [0.29, 0.717) is 18.0 Å². The number of amides is 3. The number of ether oxygens (including phenoxy) is 1. The molecule has 7 nitrogen and oxygen atoms in total. The van der Waals surface area contributed by atoms with E-state index in [2.05, 4.69) is 10.6 Å². The molecule has 198 valence electrons. The van der Waals surface area contributed by atoms with E-state index in [1.54, 1.807) is 24.3 Å². The molecule has 0 radical (unpaired) electrons. The summed E-state index contributed by atoms with van der Waals surface area (Å²) in [6.07, 6.45) is -4.48.